The molecule has 0 amide bonds. The second-order valence-corrected chi connectivity index (χ2v) is 6.39. The number of carbonyl (C=O) groups excluding carboxylic acids is 1. The number of benzene rings is 2. The summed E-state index contributed by atoms with van der Waals surface area (Å²) in [7, 11) is 0. The van der Waals surface area contributed by atoms with E-state index in [0.717, 1.165) is 34.3 Å². The Bertz CT molecular complexity index is 708. The van der Waals surface area contributed by atoms with Crippen LogP contribution in [0.2, 0.25) is 0 Å². The average Bonchev–Trinajstić information content (AvgIpc) is 2.59. The van der Waals surface area contributed by atoms with Gasteiger partial charge in [-0.25, -0.2) is 0 Å². The highest BCUT2D eigenvalue weighted by Crippen LogP contribution is 2.20. The standard InChI is InChI=1S/C20H22BrNO2/c1-3-4-13-24-18-8-5-16(6-9-18)20(23)11-12-22-17-7-10-19(21)15(2)14-17/h5-12,14,22H,3-4,13H2,1-2H3. The van der Waals surface area contributed by atoms with Crippen molar-refractivity contribution in [3.63, 3.8) is 0 Å². The molecule has 0 bridgehead atoms. The van der Waals surface area contributed by atoms with E-state index >= 15 is 0 Å². The number of anilines is 1. The van der Waals surface area contributed by atoms with Gasteiger partial charge in [0.25, 0.3) is 0 Å². The zero-order valence-corrected chi connectivity index (χ0v) is 15.6. The first kappa shape index (κ1) is 18.3. The van der Waals surface area contributed by atoms with Crippen molar-refractivity contribution in [2.24, 2.45) is 0 Å². The lowest BCUT2D eigenvalue weighted by atomic mass is 10.1. The zero-order valence-electron chi connectivity index (χ0n) is 14.0. The number of hydrogen-bond acceptors (Lipinski definition) is 3. The number of unbranched alkanes of at least 4 members (excludes halogenated alkanes) is 1. The Balaban J connectivity index is 1.90. The maximum absolute atomic E-state index is 12.2. The van der Waals surface area contributed by atoms with Crippen molar-refractivity contribution in [1.29, 1.82) is 0 Å². The molecule has 0 unspecified atom stereocenters. The largest absolute Gasteiger partial charge is 0.494 e. The zero-order chi connectivity index (χ0) is 17.4. The van der Waals surface area contributed by atoms with Crippen molar-refractivity contribution < 1.29 is 9.53 Å². The van der Waals surface area contributed by atoms with Crippen LogP contribution >= 0.6 is 15.9 Å². The topological polar surface area (TPSA) is 38.3 Å². The molecule has 4 heteroatoms. The SMILES string of the molecule is CCCCOc1ccc(C(=O)C=CNc2ccc(Br)c(C)c2)cc1. The summed E-state index contributed by atoms with van der Waals surface area (Å²) in [5.74, 6) is 0.754. The highest BCUT2D eigenvalue weighted by Gasteiger charge is 2.02. The van der Waals surface area contributed by atoms with E-state index in [1.807, 2.05) is 37.3 Å². The summed E-state index contributed by atoms with van der Waals surface area (Å²) in [4.78, 5) is 12.2. The number of allylic oxidation sites excluding steroid dienone is 1. The minimum atomic E-state index is -0.0450. The van der Waals surface area contributed by atoms with E-state index in [1.165, 1.54) is 6.08 Å². The number of aryl methyl sites for hydroxylation is 1. The van der Waals surface area contributed by atoms with Gasteiger partial charge < -0.3 is 10.1 Å². The summed E-state index contributed by atoms with van der Waals surface area (Å²) >= 11 is 3.47. The average molecular weight is 388 g/mol. The van der Waals surface area contributed by atoms with Crippen molar-refractivity contribution in [2.75, 3.05) is 11.9 Å². The monoisotopic (exact) mass is 387 g/mol. The molecule has 0 heterocycles. The number of carbonyl (C=O) groups is 1. The molecule has 0 saturated carbocycles. The second kappa shape index (κ2) is 9.28. The summed E-state index contributed by atoms with van der Waals surface area (Å²) in [5.41, 5.74) is 2.72. The minimum absolute atomic E-state index is 0.0450. The molecule has 24 heavy (non-hydrogen) atoms. The van der Waals surface area contributed by atoms with Gasteiger partial charge in [0.1, 0.15) is 5.75 Å². The molecule has 3 nitrogen and oxygen atoms in total. The van der Waals surface area contributed by atoms with Crippen molar-refractivity contribution in [1.82, 2.24) is 0 Å². The van der Waals surface area contributed by atoms with Crippen LogP contribution in [0.5, 0.6) is 5.75 Å². The van der Waals surface area contributed by atoms with Crippen LogP contribution in [-0.2, 0) is 0 Å². The summed E-state index contributed by atoms with van der Waals surface area (Å²) < 4.78 is 6.66. The third-order valence-corrected chi connectivity index (χ3v) is 4.44. The third kappa shape index (κ3) is 5.53. The molecule has 2 rings (SSSR count). The van der Waals surface area contributed by atoms with Gasteiger partial charge in [0.2, 0.25) is 0 Å². The van der Waals surface area contributed by atoms with Crippen molar-refractivity contribution >= 4 is 27.4 Å². The molecule has 0 atom stereocenters. The van der Waals surface area contributed by atoms with E-state index in [0.29, 0.717) is 12.2 Å². The van der Waals surface area contributed by atoms with Gasteiger partial charge in [-0.15, -0.1) is 0 Å². The molecule has 0 aliphatic rings. The van der Waals surface area contributed by atoms with E-state index in [9.17, 15) is 4.79 Å². The van der Waals surface area contributed by atoms with E-state index in [-0.39, 0.29) is 5.78 Å². The van der Waals surface area contributed by atoms with Gasteiger partial charge in [-0.1, -0.05) is 29.3 Å². The summed E-state index contributed by atoms with van der Waals surface area (Å²) in [5, 5.41) is 3.11. The van der Waals surface area contributed by atoms with Crippen molar-refractivity contribution in [3.8, 4) is 5.75 Å². The molecule has 1 N–H and O–H groups in total. The van der Waals surface area contributed by atoms with Gasteiger partial charge >= 0.3 is 0 Å². The molecule has 0 fully saturated rings. The molecule has 0 aliphatic carbocycles. The first-order valence-electron chi connectivity index (χ1n) is 8.06. The van der Waals surface area contributed by atoms with Crippen LogP contribution in [0.25, 0.3) is 0 Å². The fourth-order valence-corrected chi connectivity index (χ4v) is 2.34. The van der Waals surface area contributed by atoms with Crippen LogP contribution in [0, 0.1) is 6.92 Å². The summed E-state index contributed by atoms with van der Waals surface area (Å²) in [6.45, 7) is 4.86. The molecule has 0 saturated heterocycles. The lowest BCUT2D eigenvalue weighted by Gasteiger charge is -2.05. The number of ether oxygens (including phenoxy) is 1. The molecule has 0 aromatic heterocycles. The Labute approximate surface area is 151 Å². The van der Waals surface area contributed by atoms with Crippen molar-refractivity contribution in [2.45, 2.75) is 26.7 Å². The Morgan fingerprint density at radius 1 is 1.21 bits per heavy atom. The fourth-order valence-electron chi connectivity index (χ4n) is 2.09. The minimum Gasteiger partial charge on any atom is -0.494 e. The maximum atomic E-state index is 12.2. The lowest BCUT2D eigenvalue weighted by molar-refractivity contribution is 0.104. The van der Waals surface area contributed by atoms with E-state index in [1.54, 1.807) is 18.3 Å². The van der Waals surface area contributed by atoms with Crippen LogP contribution < -0.4 is 10.1 Å². The number of halogens is 1. The maximum Gasteiger partial charge on any atom is 0.187 e. The van der Waals surface area contributed by atoms with E-state index < -0.39 is 0 Å². The highest BCUT2D eigenvalue weighted by atomic mass is 79.9. The molecule has 126 valence electrons. The first-order valence-corrected chi connectivity index (χ1v) is 8.86. The molecule has 2 aromatic carbocycles. The Morgan fingerprint density at radius 3 is 2.62 bits per heavy atom. The summed E-state index contributed by atoms with van der Waals surface area (Å²) in [6, 6.07) is 13.2. The molecule has 0 aliphatic heterocycles. The molecular formula is C20H22BrNO2. The van der Waals surface area contributed by atoms with E-state index in [2.05, 4.69) is 28.2 Å². The van der Waals surface area contributed by atoms with E-state index in [4.69, 9.17) is 4.74 Å². The van der Waals surface area contributed by atoms with Crippen LogP contribution in [-0.4, -0.2) is 12.4 Å². The van der Waals surface area contributed by atoms with Gasteiger partial charge in [-0.2, -0.15) is 0 Å². The number of rotatable bonds is 8. The van der Waals surface area contributed by atoms with Gasteiger partial charge in [0.05, 0.1) is 6.61 Å². The predicted molar refractivity (Wildman–Crippen MR) is 103 cm³/mol. The summed E-state index contributed by atoms with van der Waals surface area (Å²) in [6.07, 6.45) is 5.33. The normalized spacial score (nSPS) is 10.8. The Hall–Kier alpha value is -2.07. The first-order chi connectivity index (χ1) is 11.6. The van der Waals surface area contributed by atoms with Gasteiger partial charge in [-0.05, 0) is 61.4 Å². The Morgan fingerprint density at radius 2 is 1.96 bits per heavy atom. The molecule has 0 spiro atoms. The molecule has 2 aromatic rings. The van der Waals surface area contributed by atoms with Gasteiger partial charge in [0.15, 0.2) is 5.78 Å². The molecule has 0 radical (unpaired) electrons. The quantitative estimate of drug-likeness (QED) is 0.356. The van der Waals surface area contributed by atoms with Gasteiger partial charge in [0, 0.05) is 28.0 Å². The smallest absolute Gasteiger partial charge is 0.187 e. The second-order valence-electron chi connectivity index (χ2n) is 5.53. The predicted octanol–water partition coefficient (Wildman–Crippen LogP) is 5.74. The highest BCUT2D eigenvalue weighted by molar-refractivity contribution is 9.10. The van der Waals surface area contributed by atoms with Crippen molar-refractivity contribution in [3.05, 3.63) is 70.3 Å². The molecular weight excluding hydrogens is 366 g/mol. The van der Waals surface area contributed by atoms with Crippen LogP contribution in [0.1, 0.15) is 35.7 Å². The number of nitrogens with one attached hydrogen (secondary N) is 1. The van der Waals surface area contributed by atoms with Crippen LogP contribution in [0.3, 0.4) is 0 Å². The number of ketones is 1. The van der Waals surface area contributed by atoms with Crippen LogP contribution in [0.15, 0.2) is 59.2 Å². The number of hydrogen-bond donors (Lipinski definition) is 1. The third-order valence-electron chi connectivity index (χ3n) is 3.55. The Kier molecular flexibility index (Phi) is 7.07. The van der Waals surface area contributed by atoms with Crippen LogP contribution in [0.4, 0.5) is 5.69 Å². The fraction of sp³-hybridized carbons (Fsp3) is 0.250. The lowest BCUT2D eigenvalue weighted by Crippen LogP contribution is -1.99. The van der Waals surface area contributed by atoms with Gasteiger partial charge in [-0.3, -0.25) is 4.79 Å².